The third kappa shape index (κ3) is 3.61. The Morgan fingerprint density at radius 3 is 2.78 bits per heavy atom. The second-order valence-electron chi connectivity index (χ2n) is 5.43. The van der Waals surface area contributed by atoms with Gasteiger partial charge in [0.25, 0.3) is 0 Å². The summed E-state index contributed by atoms with van der Waals surface area (Å²) < 4.78 is 27.5. The van der Waals surface area contributed by atoms with E-state index < -0.39 is 10.0 Å². The Morgan fingerprint density at radius 1 is 1.22 bits per heavy atom. The van der Waals surface area contributed by atoms with Crippen molar-refractivity contribution < 1.29 is 8.42 Å². The van der Waals surface area contributed by atoms with E-state index in [1.807, 2.05) is 11.8 Å². The maximum absolute atomic E-state index is 13.0. The van der Waals surface area contributed by atoms with E-state index >= 15 is 0 Å². The molecule has 3 rings (SSSR count). The molecule has 3 nitrogen and oxygen atoms in total. The average molecular weight is 388 g/mol. The van der Waals surface area contributed by atoms with Crippen LogP contribution >= 0.6 is 34.7 Å². The van der Waals surface area contributed by atoms with Crippen LogP contribution in [0.25, 0.3) is 0 Å². The van der Waals surface area contributed by atoms with Crippen molar-refractivity contribution in [1.82, 2.24) is 4.31 Å². The van der Waals surface area contributed by atoms with Gasteiger partial charge in [0.2, 0.25) is 10.0 Å². The SMILES string of the molecule is Cc1c(Cl)cccc1S(=O)(=O)N1CCSC(c2cccs2)CC1. The van der Waals surface area contributed by atoms with Crippen LogP contribution in [0.1, 0.15) is 22.1 Å². The second kappa shape index (κ2) is 7.15. The lowest BCUT2D eigenvalue weighted by Gasteiger charge is -2.21. The van der Waals surface area contributed by atoms with Crippen LogP contribution in [0.15, 0.2) is 40.6 Å². The summed E-state index contributed by atoms with van der Waals surface area (Å²) in [5, 5.41) is 2.95. The van der Waals surface area contributed by atoms with E-state index in [4.69, 9.17) is 11.6 Å². The van der Waals surface area contributed by atoms with Crippen molar-refractivity contribution in [2.45, 2.75) is 23.5 Å². The van der Waals surface area contributed by atoms with Crippen molar-refractivity contribution in [3.05, 3.63) is 51.2 Å². The fraction of sp³-hybridized carbons (Fsp3) is 0.375. The van der Waals surface area contributed by atoms with E-state index in [1.54, 1.807) is 40.8 Å². The summed E-state index contributed by atoms with van der Waals surface area (Å²) in [5.74, 6) is 0.807. The molecule has 0 saturated carbocycles. The molecule has 124 valence electrons. The van der Waals surface area contributed by atoms with Crippen molar-refractivity contribution in [3.8, 4) is 0 Å². The first-order valence-corrected chi connectivity index (χ1v) is 11.1. The number of benzene rings is 1. The Hall–Kier alpha value is -0.530. The highest BCUT2D eigenvalue weighted by Crippen LogP contribution is 2.38. The summed E-state index contributed by atoms with van der Waals surface area (Å²) in [7, 11) is -3.49. The largest absolute Gasteiger partial charge is 0.243 e. The molecule has 1 aromatic carbocycles. The molecule has 0 aliphatic carbocycles. The van der Waals surface area contributed by atoms with Crippen molar-refractivity contribution in [2.24, 2.45) is 0 Å². The van der Waals surface area contributed by atoms with E-state index in [1.165, 1.54) is 4.88 Å². The lowest BCUT2D eigenvalue weighted by atomic mass is 10.2. The number of sulfonamides is 1. The van der Waals surface area contributed by atoms with Gasteiger partial charge in [-0.05, 0) is 42.5 Å². The molecule has 1 aliphatic heterocycles. The summed E-state index contributed by atoms with van der Waals surface area (Å²) in [6, 6.07) is 9.25. The molecule has 2 heterocycles. The minimum atomic E-state index is -3.49. The second-order valence-corrected chi connectivity index (χ2v) is 10.0. The van der Waals surface area contributed by atoms with Gasteiger partial charge >= 0.3 is 0 Å². The molecule has 0 amide bonds. The average Bonchev–Trinajstić information content (AvgIpc) is 2.94. The van der Waals surface area contributed by atoms with Gasteiger partial charge in [-0.1, -0.05) is 23.7 Å². The summed E-state index contributed by atoms with van der Waals surface area (Å²) in [6.45, 7) is 2.85. The molecule has 23 heavy (non-hydrogen) atoms. The number of hydrogen-bond acceptors (Lipinski definition) is 4. The van der Waals surface area contributed by atoms with E-state index in [0.29, 0.717) is 33.8 Å². The Labute approximate surface area is 150 Å². The summed E-state index contributed by atoms with van der Waals surface area (Å²) in [6.07, 6.45) is 0.837. The van der Waals surface area contributed by atoms with Crippen LogP contribution < -0.4 is 0 Å². The van der Waals surface area contributed by atoms with Gasteiger partial charge in [-0.25, -0.2) is 8.42 Å². The lowest BCUT2D eigenvalue weighted by molar-refractivity contribution is 0.428. The molecule has 1 fully saturated rings. The van der Waals surface area contributed by atoms with E-state index in [-0.39, 0.29) is 0 Å². The molecule has 2 aromatic rings. The quantitative estimate of drug-likeness (QED) is 0.773. The number of thioether (sulfide) groups is 1. The molecule has 7 heteroatoms. The van der Waals surface area contributed by atoms with Crippen LogP contribution in [-0.2, 0) is 10.0 Å². The van der Waals surface area contributed by atoms with E-state index in [2.05, 4.69) is 17.5 Å². The molecular formula is C16H18ClNO2S3. The molecule has 1 aliphatic rings. The normalized spacial score (nSPS) is 20.3. The van der Waals surface area contributed by atoms with Gasteiger partial charge in [0.15, 0.2) is 0 Å². The minimum absolute atomic E-state index is 0.324. The van der Waals surface area contributed by atoms with E-state index in [9.17, 15) is 8.42 Å². The van der Waals surface area contributed by atoms with Crippen LogP contribution in [0, 0.1) is 6.92 Å². The maximum Gasteiger partial charge on any atom is 0.243 e. The number of nitrogens with zero attached hydrogens (tertiary/aromatic N) is 1. The van der Waals surface area contributed by atoms with Gasteiger partial charge < -0.3 is 0 Å². The van der Waals surface area contributed by atoms with Crippen LogP contribution in [0.5, 0.6) is 0 Å². The zero-order chi connectivity index (χ0) is 16.4. The van der Waals surface area contributed by atoms with Gasteiger partial charge in [-0.2, -0.15) is 16.1 Å². The van der Waals surface area contributed by atoms with E-state index in [0.717, 1.165) is 12.2 Å². The molecule has 0 spiro atoms. The predicted octanol–water partition coefficient (Wildman–Crippen LogP) is 4.58. The van der Waals surface area contributed by atoms with Gasteiger partial charge in [-0.15, -0.1) is 11.3 Å². The highest BCUT2D eigenvalue weighted by atomic mass is 35.5. The van der Waals surface area contributed by atoms with Crippen molar-refractivity contribution in [2.75, 3.05) is 18.8 Å². The standard InChI is InChI=1S/C16H18ClNO2S3/c1-12-13(17)4-2-6-16(12)23(19,20)18-8-7-15(22-11-9-18)14-5-3-10-21-14/h2-6,10,15H,7-9,11H2,1H3. The monoisotopic (exact) mass is 387 g/mol. The Kier molecular flexibility index (Phi) is 5.38. The first-order chi connectivity index (χ1) is 11.0. The van der Waals surface area contributed by atoms with Crippen molar-refractivity contribution in [3.63, 3.8) is 0 Å². The summed E-state index contributed by atoms with van der Waals surface area (Å²) in [5.41, 5.74) is 0.626. The predicted molar refractivity (Wildman–Crippen MR) is 99.1 cm³/mol. The van der Waals surface area contributed by atoms with Crippen molar-refractivity contribution >= 4 is 44.7 Å². The number of thiophene rings is 1. The van der Waals surface area contributed by atoms with Crippen LogP contribution in [0.3, 0.4) is 0 Å². The number of rotatable bonds is 3. The molecule has 1 unspecified atom stereocenters. The third-order valence-corrected chi connectivity index (χ3v) is 8.89. The smallest absolute Gasteiger partial charge is 0.207 e. The van der Waals surface area contributed by atoms with Gasteiger partial charge in [0.05, 0.1) is 4.90 Å². The topological polar surface area (TPSA) is 37.4 Å². The third-order valence-electron chi connectivity index (χ3n) is 4.00. The molecule has 0 bridgehead atoms. The lowest BCUT2D eigenvalue weighted by Crippen LogP contribution is -2.33. The zero-order valence-electron chi connectivity index (χ0n) is 12.7. The fourth-order valence-electron chi connectivity index (χ4n) is 2.70. The van der Waals surface area contributed by atoms with Gasteiger partial charge in [-0.3, -0.25) is 0 Å². The maximum atomic E-state index is 13.0. The highest BCUT2D eigenvalue weighted by Gasteiger charge is 2.30. The van der Waals surface area contributed by atoms with Crippen LogP contribution in [-0.4, -0.2) is 31.6 Å². The molecule has 1 saturated heterocycles. The first-order valence-electron chi connectivity index (χ1n) is 7.40. The Balaban J connectivity index is 1.82. The molecule has 0 N–H and O–H groups in total. The molecule has 1 aromatic heterocycles. The Morgan fingerprint density at radius 2 is 2.04 bits per heavy atom. The molecule has 0 radical (unpaired) electrons. The summed E-state index contributed by atoms with van der Waals surface area (Å²) >= 11 is 9.68. The molecular weight excluding hydrogens is 370 g/mol. The van der Waals surface area contributed by atoms with Crippen molar-refractivity contribution in [1.29, 1.82) is 0 Å². The van der Waals surface area contributed by atoms with Gasteiger partial charge in [0.1, 0.15) is 0 Å². The zero-order valence-corrected chi connectivity index (χ0v) is 15.9. The highest BCUT2D eigenvalue weighted by molar-refractivity contribution is 7.99. The van der Waals surface area contributed by atoms with Crippen LogP contribution in [0.4, 0.5) is 0 Å². The molecule has 1 atom stereocenters. The minimum Gasteiger partial charge on any atom is -0.207 e. The number of hydrogen-bond donors (Lipinski definition) is 0. The fourth-order valence-corrected chi connectivity index (χ4v) is 6.98. The number of halogens is 1. The van der Waals surface area contributed by atoms with Gasteiger partial charge in [0, 0.05) is 34.0 Å². The first kappa shape index (κ1) is 17.3. The Bertz CT molecular complexity index is 775. The summed E-state index contributed by atoms with van der Waals surface area (Å²) in [4.78, 5) is 1.65. The van der Waals surface area contributed by atoms with Crippen LogP contribution in [0.2, 0.25) is 5.02 Å².